The summed E-state index contributed by atoms with van der Waals surface area (Å²) < 4.78 is 0. The first kappa shape index (κ1) is 13.7. The van der Waals surface area contributed by atoms with Gasteiger partial charge < -0.3 is 5.11 Å². The zero-order valence-electron chi connectivity index (χ0n) is 10.8. The van der Waals surface area contributed by atoms with Crippen LogP contribution < -0.4 is 4.90 Å². The Morgan fingerprint density at radius 3 is 2.63 bits per heavy atom. The molecular formula is C13H14N2O3S. The molecule has 1 aromatic heterocycles. The average Bonchev–Trinajstić information content (AvgIpc) is 2.72. The van der Waals surface area contributed by atoms with Crippen molar-refractivity contribution >= 4 is 28.3 Å². The lowest BCUT2D eigenvalue weighted by Gasteiger charge is -2.33. The molecule has 1 aliphatic rings. The molecule has 2 amide bonds. The number of carbonyl (C=O) groups excluding carboxylic acids is 2. The third-order valence-electron chi connectivity index (χ3n) is 2.73. The zero-order chi connectivity index (χ0) is 14.0. The van der Waals surface area contributed by atoms with Crippen LogP contribution in [0.1, 0.15) is 31.6 Å². The van der Waals surface area contributed by atoms with Gasteiger partial charge in [0.15, 0.2) is 5.13 Å². The Balaban J connectivity index is 2.24. The van der Waals surface area contributed by atoms with Crippen molar-refractivity contribution in [1.82, 2.24) is 4.98 Å². The van der Waals surface area contributed by atoms with Gasteiger partial charge in [0, 0.05) is 12.8 Å². The molecule has 0 bridgehead atoms. The highest BCUT2D eigenvalue weighted by molar-refractivity contribution is 7.16. The molecule has 0 aliphatic carbocycles. The maximum absolute atomic E-state index is 12.0. The minimum atomic E-state index is -0.290. The van der Waals surface area contributed by atoms with Gasteiger partial charge in [-0.2, -0.15) is 0 Å². The van der Waals surface area contributed by atoms with Crippen LogP contribution in [0.3, 0.4) is 0 Å². The fourth-order valence-electron chi connectivity index (χ4n) is 1.94. The van der Waals surface area contributed by atoms with Gasteiger partial charge in [-0.05, 0) is 5.41 Å². The van der Waals surface area contributed by atoms with Gasteiger partial charge in [-0.3, -0.25) is 9.59 Å². The quantitative estimate of drug-likeness (QED) is 0.618. The summed E-state index contributed by atoms with van der Waals surface area (Å²) in [5.74, 6) is 4.76. The summed E-state index contributed by atoms with van der Waals surface area (Å²) in [6, 6.07) is 0. The molecule has 2 rings (SSSR count). The predicted molar refractivity (Wildman–Crippen MR) is 71.6 cm³/mol. The smallest absolute Gasteiger partial charge is 0.236 e. The van der Waals surface area contributed by atoms with E-state index in [1.54, 1.807) is 0 Å². The molecule has 0 saturated carbocycles. The first-order valence-electron chi connectivity index (χ1n) is 5.84. The lowest BCUT2D eigenvalue weighted by atomic mass is 9.82. The maximum Gasteiger partial charge on any atom is 0.236 e. The van der Waals surface area contributed by atoms with E-state index >= 15 is 0 Å². The van der Waals surface area contributed by atoms with Crippen molar-refractivity contribution in [3.63, 3.8) is 0 Å². The van der Waals surface area contributed by atoms with Crippen LogP contribution in [0.25, 0.3) is 0 Å². The van der Waals surface area contributed by atoms with Crippen molar-refractivity contribution in [2.75, 3.05) is 11.5 Å². The van der Waals surface area contributed by atoms with Crippen LogP contribution >= 0.6 is 11.3 Å². The normalized spacial score (nSPS) is 18.2. The van der Waals surface area contributed by atoms with Crippen LogP contribution in [0.5, 0.6) is 0 Å². The number of thiazole rings is 1. The van der Waals surface area contributed by atoms with E-state index in [9.17, 15) is 9.59 Å². The molecule has 1 aromatic rings. The second-order valence-electron chi connectivity index (χ2n) is 5.11. The fraction of sp³-hybridized carbons (Fsp3) is 0.462. The minimum Gasteiger partial charge on any atom is -0.384 e. The van der Waals surface area contributed by atoms with E-state index in [0.717, 1.165) is 4.90 Å². The predicted octanol–water partition coefficient (Wildman–Crippen LogP) is 1.17. The van der Waals surface area contributed by atoms with Gasteiger partial charge in [-0.15, -0.1) is 0 Å². The lowest BCUT2D eigenvalue weighted by molar-refractivity contribution is -0.132. The Morgan fingerprint density at radius 2 is 2.05 bits per heavy atom. The molecular weight excluding hydrogens is 264 g/mol. The summed E-state index contributed by atoms with van der Waals surface area (Å²) in [6.07, 6.45) is 2.16. The van der Waals surface area contributed by atoms with Gasteiger partial charge in [-0.1, -0.05) is 37.0 Å². The first-order valence-corrected chi connectivity index (χ1v) is 6.66. The molecule has 1 aliphatic heterocycles. The number of hydrogen-bond donors (Lipinski definition) is 1. The van der Waals surface area contributed by atoms with Gasteiger partial charge >= 0.3 is 0 Å². The number of aliphatic hydroxyl groups is 1. The van der Waals surface area contributed by atoms with Gasteiger partial charge in [0.2, 0.25) is 11.8 Å². The summed E-state index contributed by atoms with van der Waals surface area (Å²) in [5.41, 5.74) is -0.290. The molecule has 0 atom stereocenters. The van der Waals surface area contributed by atoms with Crippen molar-refractivity contribution in [2.24, 2.45) is 5.41 Å². The highest BCUT2D eigenvalue weighted by Gasteiger charge is 2.39. The fourth-order valence-corrected chi connectivity index (χ4v) is 2.77. The van der Waals surface area contributed by atoms with Crippen LogP contribution in [0.4, 0.5) is 5.13 Å². The molecule has 1 saturated heterocycles. The minimum absolute atomic E-state index is 0.225. The Labute approximate surface area is 115 Å². The monoisotopic (exact) mass is 278 g/mol. The number of nitrogens with zero attached hydrogens (tertiary/aromatic N) is 2. The first-order chi connectivity index (χ1) is 8.93. The van der Waals surface area contributed by atoms with Crippen LogP contribution in [0.2, 0.25) is 0 Å². The molecule has 1 N–H and O–H groups in total. The van der Waals surface area contributed by atoms with Crippen molar-refractivity contribution in [2.45, 2.75) is 26.7 Å². The topological polar surface area (TPSA) is 70.5 Å². The molecule has 0 spiro atoms. The number of carbonyl (C=O) groups is 2. The van der Waals surface area contributed by atoms with Crippen molar-refractivity contribution in [1.29, 1.82) is 0 Å². The second-order valence-corrected chi connectivity index (χ2v) is 6.12. The Morgan fingerprint density at radius 1 is 1.42 bits per heavy atom. The van der Waals surface area contributed by atoms with Crippen molar-refractivity contribution in [3.05, 3.63) is 11.1 Å². The summed E-state index contributed by atoms with van der Waals surface area (Å²) in [7, 11) is 0. The number of aromatic nitrogens is 1. The molecule has 2 heterocycles. The molecule has 1 fully saturated rings. The van der Waals surface area contributed by atoms with E-state index < -0.39 is 0 Å². The van der Waals surface area contributed by atoms with E-state index in [1.807, 2.05) is 13.8 Å². The average molecular weight is 278 g/mol. The Kier molecular flexibility index (Phi) is 3.69. The summed E-state index contributed by atoms with van der Waals surface area (Å²) in [4.78, 5) is 29.9. The van der Waals surface area contributed by atoms with E-state index in [-0.39, 0.29) is 23.8 Å². The van der Waals surface area contributed by atoms with Crippen LogP contribution in [0, 0.1) is 17.3 Å². The highest BCUT2D eigenvalue weighted by atomic mass is 32.1. The van der Waals surface area contributed by atoms with Crippen LogP contribution in [-0.2, 0) is 9.59 Å². The van der Waals surface area contributed by atoms with Gasteiger partial charge in [0.25, 0.3) is 0 Å². The van der Waals surface area contributed by atoms with Crippen molar-refractivity contribution < 1.29 is 14.7 Å². The second kappa shape index (κ2) is 5.11. The number of aliphatic hydroxyl groups excluding tert-OH is 1. The van der Waals surface area contributed by atoms with Gasteiger partial charge in [-0.25, -0.2) is 9.88 Å². The lowest BCUT2D eigenvalue weighted by Crippen LogP contribution is -2.46. The Hall–Kier alpha value is -1.71. The number of piperidine rings is 1. The summed E-state index contributed by atoms with van der Waals surface area (Å²) in [5, 5.41) is 8.97. The number of rotatable bonds is 1. The van der Waals surface area contributed by atoms with E-state index in [4.69, 9.17) is 5.11 Å². The SMILES string of the molecule is CC1(C)CC(=O)N(c2ncc(C#CCO)s2)C(=O)C1. The zero-order valence-corrected chi connectivity index (χ0v) is 11.6. The van der Waals surface area contributed by atoms with Gasteiger partial charge in [0.1, 0.15) is 6.61 Å². The third kappa shape index (κ3) is 3.00. The standard InChI is InChI=1S/C13H14N2O3S/c1-13(2)6-10(17)15(11(18)7-13)12-14-8-9(19-12)4-3-5-16/h8,16H,5-7H2,1-2H3. The molecule has 6 heteroatoms. The summed E-state index contributed by atoms with van der Waals surface area (Å²) in [6.45, 7) is 3.57. The number of amides is 2. The summed E-state index contributed by atoms with van der Waals surface area (Å²) >= 11 is 1.18. The molecule has 19 heavy (non-hydrogen) atoms. The highest BCUT2D eigenvalue weighted by Crippen LogP contribution is 2.35. The molecule has 5 nitrogen and oxygen atoms in total. The third-order valence-corrected chi connectivity index (χ3v) is 3.63. The van der Waals surface area contributed by atoms with Crippen molar-refractivity contribution in [3.8, 4) is 11.8 Å². The molecule has 0 unspecified atom stereocenters. The maximum atomic E-state index is 12.0. The van der Waals surface area contributed by atoms with Crippen LogP contribution in [-0.4, -0.2) is 28.5 Å². The van der Waals surface area contributed by atoms with Gasteiger partial charge in [0.05, 0.1) is 11.1 Å². The Bertz CT molecular complexity index is 560. The number of anilines is 1. The number of hydrogen-bond acceptors (Lipinski definition) is 5. The van der Waals surface area contributed by atoms with E-state index in [0.29, 0.717) is 22.9 Å². The van der Waals surface area contributed by atoms with E-state index in [1.165, 1.54) is 17.5 Å². The van der Waals surface area contributed by atoms with E-state index in [2.05, 4.69) is 16.8 Å². The molecule has 0 aromatic carbocycles. The molecule has 0 radical (unpaired) electrons. The molecule has 100 valence electrons. The van der Waals surface area contributed by atoms with Crippen LogP contribution in [0.15, 0.2) is 6.20 Å². The number of imide groups is 1. The largest absolute Gasteiger partial charge is 0.384 e.